The fraction of sp³-hybridized carbons (Fsp3) is 0.538. The maximum Gasteiger partial charge on any atom is 0.189 e. The molecule has 0 aromatic heterocycles. The van der Waals surface area contributed by atoms with Gasteiger partial charge >= 0.3 is 0 Å². The van der Waals surface area contributed by atoms with Gasteiger partial charge in [-0.3, -0.25) is 0 Å². The predicted molar refractivity (Wildman–Crippen MR) is 139 cm³/mol. The second-order valence-corrected chi connectivity index (χ2v) is 15.1. The Morgan fingerprint density at radius 1 is 1.03 bits per heavy atom. The lowest BCUT2D eigenvalue weighted by Gasteiger charge is -2.50. The molecule has 0 spiro atoms. The number of halogens is 3. The molecule has 12 heteroatoms. The summed E-state index contributed by atoms with van der Waals surface area (Å²) in [6.45, 7) is 0.431. The van der Waals surface area contributed by atoms with Crippen molar-refractivity contribution < 1.29 is 35.1 Å². The molecule has 2 fully saturated rings. The van der Waals surface area contributed by atoms with Gasteiger partial charge in [0, 0.05) is 23.6 Å². The van der Waals surface area contributed by atoms with Crippen LogP contribution >= 0.6 is 11.6 Å². The molecule has 0 radical (unpaired) electrons. The third-order valence-electron chi connectivity index (χ3n) is 7.93. The number of hydrogen-bond donors (Lipinski definition) is 1. The normalized spacial score (nSPS) is 27.7. The summed E-state index contributed by atoms with van der Waals surface area (Å²) in [5.41, 5.74) is -0.369. The van der Waals surface area contributed by atoms with Crippen LogP contribution in [0.3, 0.4) is 0 Å². The summed E-state index contributed by atoms with van der Waals surface area (Å²) in [4.78, 5) is -0.0972. The molecule has 0 amide bonds. The summed E-state index contributed by atoms with van der Waals surface area (Å²) >= 11 is 5.98. The van der Waals surface area contributed by atoms with Gasteiger partial charge in [0.15, 0.2) is 31.2 Å². The first-order valence-electron chi connectivity index (χ1n) is 12.7. The molecule has 4 atom stereocenters. The Morgan fingerprint density at radius 2 is 1.76 bits per heavy atom. The molecule has 2 aromatic carbocycles. The number of ether oxygens (including phenoxy) is 2. The van der Waals surface area contributed by atoms with E-state index in [1.165, 1.54) is 24.3 Å². The first kappa shape index (κ1) is 27.8. The number of sulfone groups is 2. The van der Waals surface area contributed by atoms with Gasteiger partial charge in [0.05, 0.1) is 34.7 Å². The second-order valence-electron chi connectivity index (χ2n) is 10.2. The standard InChI is InChI=1S/C26H30ClF2NO6S2/c27-17-4-6-19(7-5-17)38(33,34)26-11-13-35-23(10-14-37(31,32)16-18-3-1-2-12-30-18)20(26)15-36-25-22(29)9-8-21(28)24(25)26/h4-9,18,20,23,30H,1-3,10-16H2/t18-,20-,23-,26-/m0/s1. The maximum absolute atomic E-state index is 15.5. The highest BCUT2D eigenvalue weighted by molar-refractivity contribution is 7.92. The smallest absolute Gasteiger partial charge is 0.189 e. The fourth-order valence-corrected chi connectivity index (χ4v) is 10.2. The number of rotatable bonds is 7. The van der Waals surface area contributed by atoms with E-state index in [0.29, 0.717) is 5.02 Å². The lowest BCUT2D eigenvalue weighted by atomic mass is 9.75. The highest BCUT2D eigenvalue weighted by Gasteiger charge is 2.61. The first-order chi connectivity index (χ1) is 18.0. The molecule has 0 saturated carbocycles. The molecule has 2 aromatic rings. The molecule has 0 bridgehead atoms. The van der Waals surface area contributed by atoms with Crippen LogP contribution in [0.15, 0.2) is 41.3 Å². The Bertz CT molecular complexity index is 1400. The quantitative estimate of drug-likeness (QED) is 0.521. The summed E-state index contributed by atoms with van der Waals surface area (Å²) in [5.74, 6) is -3.41. The highest BCUT2D eigenvalue weighted by Crippen LogP contribution is 2.56. The maximum atomic E-state index is 15.5. The van der Waals surface area contributed by atoms with Gasteiger partial charge in [0.25, 0.3) is 0 Å². The Hall–Kier alpha value is -1.79. The number of benzene rings is 2. The third kappa shape index (κ3) is 4.96. The minimum atomic E-state index is -4.35. The summed E-state index contributed by atoms with van der Waals surface area (Å²) in [6.07, 6.45) is 1.75. The van der Waals surface area contributed by atoms with Crippen molar-refractivity contribution >= 4 is 31.3 Å². The molecule has 2 saturated heterocycles. The van der Waals surface area contributed by atoms with Gasteiger partial charge in [0.1, 0.15) is 10.6 Å². The zero-order valence-electron chi connectivity index (χ0n) is 20.7. The van der Waals surface area contributed by atoms with E-state index in [1.807, 2.05) is 0 Å². The van der Waals surface area contributed by atoms with Crippen LogP contribution in [0, 0.1) is 17.6 Å². The van der Waals surface area contributed by atoms with E-state index < -0.39 is 53.8 Å². The summed E-state index contributed by atoms with van der Waals surface area (Å²) in [7, 11) is -7.83. The van der Waals surface area contributed by atoms with Crippen molar-refractivity contribution in [2.24, 2.45) is 5.92 Å². The molecule has 0 aliphatic carbocycles. The molecule has 3 aliphatic rings. The number of piperidine rings is 1. The van der Waals surface area contributed by atoms with E-state index in [-0.39, 0.29) is 54.1 Å². The molecule has 38 heavy (non-hydrogen) atoms. The van der Waals surface area contributed by atoms with Crippen LogP contribution < -0.4 is 10.1 Å². The highest BCUT2D eigenvalue weighted by atomic mass is 35.5. The van der Waals surface area contributed by atoms with Crippen LogP contribution in [0.2, 0.25) is 5.02 Å². The van der Waals surface area contributed by atoms with Gasteiger partial charge in [-0.25, -0.2) is 25.6 Å². The molecule has 3 aliphatic heterocycles. The Kier molecular flexibility index (Phi) is 7.78. The van der Waals surface area contributed by atoms with Gasteiger partial charge in [-0.05, 0) is 68.6 Å². The van der Waals surface area contributed by atoms with E-state index in [0.717, 1.165) is 37.9 Å². The van der Waals surface area contributed by atoms with E-state index in [1.54, 1.807) is 0 Å². The van der Waals surface area contributed by atoms with Gasteiger partial charge in [-0.2, -0.15) is 0 Å². The fourth-order valence-electron chi connectivity index (χ4n) is 6.09. The Labute approximate surface area is 226 Å². The molecule has 5 rings (SSSR count). The number of nitrogens with one attached hydrogen (secondary N) is 1. The molecule has 0 unspecified atom stereocenters. The van der Waals surface area contributed by atoms with Crippen molar-refractivity contribution in [3.63, 3.8) is 0 Å². The minimum absolute atomic E-state index is 0.00718. The molecule has 208 valence electrons. The van der Waals surface area contributed by atoms with Crippen molar-refractivity contribution in [3.8, 4) is 5.75 Å². The van der Waals surface area contributed by atoms with Crippen molar-refractivity contribution in [1.82, 2.24) is 5.32 Å². The van der Waals surface area contributed by atoms with Gasteiger partial charge in [-0.1, -0.05) is 18.0 Å². The summed E-state index contributed by atoms with van der Waals surface area (Å²) < 4.78 is 94.5. The minimum Gasteiger partial charge on any atom is -0.490 e. The van der Waals surface area contributed by atoms with E-state index in [4.69, 9.17) is 21.1 Å². The lowest BCUT2D eigenvalue weighted by molar-refractivity contribution is -0.0732. The van der Waals surface area contributed by atoms with E-state index in [9.17, 15) is 21.2 Å². The van der Waals surface area contributed by atoms with Gasteiger partial charge in [-0.15, -0.1) is 0 Å². The number of fused-ring (bicyclic) bond motifs is 3. The average molecular weight is 590 g/mol. The number of hydrogen-bond acceptors (Lipinski definition) is 7. The predicted octanol–water partition coefficient (Wildman–Crippen LogP) is 4.03. The molecular formula is C26H30ClF2NO6S2. The van der Waals surface area contributed by atoms with Crippen LogP contribution in [0.4, 0.5) is 8.78 Å². The van der Waals surface area contributed by atoms with Crippen LogP contribution in [-0.2, 0) is 29.2 Å². The summed E-state index contributed by atoms with van der Waals surface area (Å²) in [5, 5.41) is 3.56. The molecule has 1 N–H and O–H groups in total. The zero-order chi connectivity index (χ0) is 27.1. The van der Waals surface area contributed by atoms with Gasteiger partial charge in [0.2, 0.25) is 0 Å². The van der Waals surface area contributed by atoms with E-state index in [2.05, 4.69) is 5.32 Å². The Morgan fingerprint density at radius 3 is 2.47 bits per heavy atom. The first-order valence-corrected chi connectivity index (χ1v) is 16.4. The van der Waals surface area contributed by atoms with Crippen LogP contribution in [-0.4, -0.2) is 60.2 Å². The Balaban J connectivity index is 1.53. The average Bonchev–Trinajstić information content (AvgIpc) is 2.89. The van der Waals surface area contributed by atoms with Crippen LogP contribution in [0.5, 0.6) is 5.75 Å². The van der Waals surface area contributed by atoms with E-state index >= 15 is 4.39 Å². The van der Waals surface area contributed by atoms with Crippen molar-refractivity contribution in [2.45, 2.75) is 53.9 Å². The summed E-state index contributed by atoms with van der Waals surface area (Å²) in [6, 6.07) is 7.19. The van der Waals surface area contributed by atoms with Crippen molar-refractivity contribution in [2.75, 3.05) is 31.3 Å². The van der Waals surface area contributed by atoms with Crippen LogP contribution in [0.1, 0.15) is 37.7 Å². The van der Waals surface area contributed by atoms with Crippen LogP contribution in [0.25, 0.3) is 0 Å². The molecule has 3 heterocycles. The third-order valence-corrected chi connectivity index (χ3v) is 12.5. The van der Waals surface area contributed by atoms with Crippen molar-refractivity contribution in [3.05, 3.63) is 58.6 Å². The second kappa shape index (κ2) is 10.6. The topological polar surface area (TPSA) is 98.8 Å². The zero-order valence-corrected chi connectivity index (χ0v) is 23.1. The molecular weight excluding hydrogens is 560 g/mol. The van der Waals surface area contributed by atoms with Gasteiger partial charge < -0.3 is 14.8 Å². The largest absolute Gasteiger partial charge is 0.490 e. The SMILES string of the molecule is O=S(=O)(CC[C@@H]1OCC[C@@]2(S(=O)(=O)c3ccc(Cl)cc3)c3c(F)ccc(F)c3OC[C@@H]12)C[C@@H]1CCCCN1. The lowest BCUT2D eigenvalue weighted by Crippen LogP contribution is -2.57. The molecule has 7 nitrogen and oxygen atoms in total. The monoisotopic (exact) mass is 589 g/mol. The van der Waals surface area contributed by atoms with Crippen molar-refractivity contribution in [1.29, 1.82) is 0 Å².